The fourth-order valence-electron chi connectivity index (χ4n) is 3.39. The lowest BCUT2D eigenvalue weighted by Gasteiger charge is -2.38. The molecule has 0 bridgehead atoms. The summed E-state index contributed by atoms with van der Waals surface area (Å²) in [7, 11) is -2.56. The van der Waals surface area contributed by atoms with Crippen molar-refractivity contribution in [1.82, 2.24) is 0 Å². The van der Waals surface area contributed by atoms with Crippen molar-refractivity contribution in [2.75, 3.05) is 6.61 Å². The standard InChI is InChI=1S/C17H37O2Si2/c1-5-7-8-9-10-11-14-17(6-2)21(4)18-15-12-13-16-20(3)19-21/h17H,5-16H2,1-4H3. The number of hydrogen-bond donors (Lipinski definition) is 0. The summed E-state index contributed by atoms with van der Waals surface area (Å²) in [6.07, 6.45) is 13.4. The van der Waals surface area contributed by atoms with Gasteiger partial charge in [-0.25, -0.2) is 0 Å². The molecule has 0 spiro atoms. The third-order valence-electron chi connectivity index (χ3n) is 4.83. The summed E-state index contributed by atoms with van der Waals surface area (Å²) < 4.78 is 12.9. The Morgan fingerprint density at radius 1 is 1.05 bits per heavy atom. The number of unbranched alkanes of at least 4 members (excludes halogenated alkanes) is 5. The van der Waals surface area contributed by atoms with Gasteiger partial charge in [0.2, 0.25) is 0 Å². The maximum atomic E-state index is 6.55. The molecule has 1 saturated heterocycles. The SMILES string of the molecule is CCCCCCCCC(CC)[Si]1(C)OCCCC[Si](C)O1. The topological polar surface area (TPSA) is 18.5 Å². The van der Waals surface area contributed by atoms with Gasteiger partial charge in [-0.2, -0.15) is 0 Å². The first-order chi connectivity index (χ1) is 10.1. The molecule has 2 atom stereocenters. The van der Waals surface area contributed by atoms with Crippen LogP contribution in [0.4, 0.5) is 0 Å². The zero-order chi connectivity index (χ0) is 15.6. The first-order valence-corrected chi connectivity index (χ1v) is 13.8. The van der Waals surface area contributed by atoms with Crippen LogP contribution in [0, 0.1) is 0 Å². The van der Waals surface area contributed by atoms with Gasteiger partial charge in [0.1, 0.15) is 0 Å². The molecule has 0 aromatic rings. The van der Waals surface area contributed by atoms with E-state index in [0.717, 1.165) is 6.61 Å². The normalized spacial score (nSPS) is 26.3. The Balaban J connectivity index is 2.39. The lowest BCUT2D eigenvalue weighted by atomic mass is 10.1. The van der Waals surface area contributed by atoms with Crippen molar-refractivity contribution in [3.05, 3.63) is 0 Å². The molecule has 2 unspecified atom stereocenters. The molecule has 1 heterocycles. The Kier molecular flexibility index (Phi) is 10.1. The van der Waals surface area contributed by atoms with Gasteiger partial charge in [-0.3, -0.25) is 0 Å². The van der Waals surface area contributed by atoms with Crippen LogP contribution in [-0.4, -0.2) is 24.2 Å². The minimum absolute atomic E-state index is 0.617. The van der Waals surface area contributed by atoms with E-state index in [1.807, 2.05) is 0 Å². The van der Waals surface area contributed by atoms with Crippen molar-refractivity contribution in [3.8, 4) is 0 Å². The average molecular weight is 330 g/mol. The summed E-state index contributed by atoms with van der Waals surface area (Å²) in [5.41, 5.74) is 0.696. The summed E-state index contributed by atoms with van der Waals surface area (Å²) in [4.78, 5) is 0. The second-order valence-electron chi connectivity index (χ2n) is 6.79. The number of hydrogen-bond acceptors (Lipinski definition) is 2. The van der Waals surface area contributed by atoms with Gasteiger partial charge in [0.25, 0.3) is 0 Å². The lowest BCUT2D eigenvalue weighted by molar-refractivity contribution is 0.215. The molecule has 0 aromatic heterocycles. The fraction of sp³-hybridized carbons (Fsp3) is 1.00. The maximum absolute atomic E-state index is 6.55. The van der Waals surface area contributed by atoms with Gasteiger partial charge < -0.3 is 8.54 Å². The second kappa shape index (κ2) is 11.0. The van der Waals surface area contributed by atoms with Crippen molar-refractivity contribution in [2.24, 2.45) is 0 Å². The largest absolute Gasteiger partial charge is 0.436 e. The smallest absolute Gasteiger partial charge is 0.327 e. The molecule has 0 N–H and O–H groups in total. The quantitative estimate of drug-likeness (QED) is 0.379. The van der Waals surface area contributed by atoms with Crippen molar-refractivity contribution < 1.29 is 8.54 Å². The monoisotopic (exact) mass is 329 g/mol. The molecular formula is C17H37O2Si2. The zero-order valence-electron chi connectivity index (χ0n) is 14.9. The molecule has 0 aromatic carbocycles. The molecule has 125 valence electrons. The van der Waals surface area contributed by atoms with Gasteiger partial charge in [0, 0.05) is 12.1 Å². The van der Waals surface area contributed by atoms with Crippen LogP contribution in [0.15, 0.2) is 0 Å². The van der Waals surface area contributed by atoms with E-state index in [-0.39, 0.29) is 0 Å². The molecule has 1 aliphatic heterocycles. The van der Waals surface area contributed by atoms with Crippen LogP contribution in [-0.2, 0) is 8.54 Å². The van der Waals surface area contributed by atoms with Crippen LogP contribution in [0.2, 0.25) is 24.7 Å². The predicted octanol–water partition coefficient (Wildman–Crippen LogP) is 6.04. The first-order valence-electron chi connectivity index (χ1n) is 9.27. The molecule has 1 radical (unpaired) electrons. The van der Waals surface area contributed by atoms with Gasteiger partial charge in [0.15, 0.2) is 9.04 Å². The van der Waals surface area contributed by atoms with Gasteiger partial charge >= 0.3 is 8.56 Å². The predicted molar refractivity (Wildman–Crippen MR) is 96.3 cm³/mol. The number of rotatable bonds is 9. The average Bonchev–Trinajstić information content (AvgIpc) is 2.44. The highest BCUT2D eigenvalue weighted by molar-refractivity contribution is 6.75. The van der Waals surface area contributed by atoms with E-state index in [2.05, 4.69) is 26.9 Å². The van der Waals surface area contributed by atoms with Crippen molar-refractivity contribution in [2.45, 2.75) is 103 Å². The van der Waals surface area contributed by atoms with E-state index in [1.165, 1.54) is 70.3 Å². The Hall–Kier alpha value is 0.354. The Labute approximate surface area is 136 Å². The summed E-state index contributed by atoms with van der Waals surface area (Å²) in [5, 5.41) is 0. The van der Waals surface area contributed by atoms with Gasteiger partial charge in [-0.1, -0.05) is 65.2 Å². The van der Waals surface area contributed by atoms with Crippen molar-refractivity contribution in [3.63, 3.8) is 0 Å². The highest BCUT2D eigenvalue weighted by atomic mass is 28.4. The van der Waals surface area contributed by atoms with Crippen LogP contribution < -0.4 is 0 Å². The van der Waals surface area contributed by atoms with E-state index in [1.54, 1.807) is 0 Å². The maximum Gasteiger partial charge on any atom is 0.327 e. The molecular weight excluding hydrogens is 292 g/mol. The van der Waals surface area contributed by atoms with Gasteiger partial charge in [-0.15, -0.1) is 0 Å². The van der Waals surface area contributed by atoms with E-state index in [9.17, 15) is 0 Å². The molecule has 2 nitrogen and oxygen atoms in total. The van der Waals surface area contributed by atoms with E-state index in [0.29, 0.717) is 5.54 Å². The minimum Gasteiger partial charge on any atom is -0.436 e. The molecule has 0 amide bonds. The van der Waals surface area contributed by atoms with Crippen LogP contribution in [0.25, 0.3) is 0 Å². The second-order valence-corrected chi connectivity index (χ2v) is 12.6. The Morgan fingerprint density at radius 3 is 2.48 bits per heavy atom. The molecule has 21 heavy (non-hydrogen) atoms. The van der Waals surface area contributed by atoms with Crippen LogP contribution in [0.3, 0.4) is 0 Å². The zero-order valence-corrected chi connectivity index (χ0v) is 16.9. The summed E-state index contributed by atoms with van der Waals surface area (Å²) in [6.45, 7) is 10.2. The molecule has 1 rings (SSSR count). The van der Waals surface area contributed by atoms with Crippen molar-refractivity contribution in [1.29, 1.82) is 0 Å². The van der Waals surface area contributed by atoms with Gasteiger partial charge in [-0.05, 0) is 32.0 Å². The van der Waals surface area contributed by atoms with E-state index in [4.69, 9.17) is 8.54 Å². The molecule has 0 saturated carbocycles. The highest BCUT2D eigenvalue weighted by Gasteiger charge is 2.41. The molecule has 4 heteroatoms. The summed E-state index contributed by atoms with van der Waals surface area (Å²) >= 11 is 0. The summed E-state index contributed by atoms with van der Waals surface area (Å²) in [5.74, 6) is 0. The highest BCUT2D eigenvalue weighted by Crippen LogP contribution is 2.35. The van der Waals surface area contributed by atoms with Crippen LogP contribution in [0.5, 0.6) is 0 Å². The fourth-order valence-corrected chi connectivity index (χ4v) is 10.5. The lowest BCUT2D eigenvalue weighted by Crippen LogP contribution is -2.48. The van der Waals surface area contributed by atoms with E-state index < -0.39 is 17.6 Å². The molecule has 1 fully saturated rings. The first kappa shape index (κ1) is 19.4. The van der Waals surface area contributed by atoms with Crippen molar-refractivity contribution >= 4 is 17.6 Å². The van der Waals surface area contributed by atoms with Gasteiger partial charge in [0.05, 0.1) is 0 Å². The molecule has 0 aliphatic carbocycles. The molecule has 1 aliphatic rings. The van der Waals surface area contributed by atoms with Crippen LogP contribution in [0.1, 0.15) is 78.1 Å². The Morgan fingerprint density at radius 2 is 1.76 bits per heavy atom. The third kappa shape index (κ3) is 7.44. The van der Waals surface area contributed by atoms with Crippen LogP contribution >= 0.6 is 0 Å². The summed E-state index contributed by atoms with van der Waals surface area (Å²) in [6, 6.07) is 1.31. The minimum atomic E-state index is -1.94. The third-order valence-corrected chi connectivity index (χ3v) is 11.9. The Bertz CT molecular complexity index is 263. The van der Waals surface area contributed by atoms with E-state index >= 15 is 0 Å².